The van der Waals surface area contributed by atoms with Gasteiger partial charge in [-0.25, -0.2) is 0 Å². The third-order valence-corrected chi connectivity index (χ3v) is 2.86. The van der Waals surface area contributed by atoms with Gasteiger partial charge in [-0.1, -0.05) is 12.1 Å². The number of carbonyl (C=O) groups is 1. The molecule has 0 radical (unpaired) electrons. The molecular formula is C12H16N2O. The van der Waals surface area contributed by atoms with E-state index in [2.05, 4.69) is 11.4 Å². The molecule has 1 aromatic carbocycles. The highest BCUT2D eigenvalue weighted by Crippen LogP contribution is 2.32. The Hall–Kier alpha value is -1.35. The zero-order valence-electron chi connectivity index (χ0n) is 8.92. The van der Waals surface area contributed by atoms with E-state index in [0.717, 1.165) is 24.9 Å². The van der Waals surface area contributed by atoms with Gasteiger partial charge in [0.25, 0.3) is 0 Å². The van der Waals surface area contributed by atoms with E-state index in [-0.39, 0.29) is 11.9 Å². The summed E-state index contributed by atoms with van der Waals surface area (Å²) in [7, 11) is 0. The predicted molar refractivity (Wildman–Crippen MR) is 60.6 cm³/mol. The Morgan fingerprint density at radius 1 is 1.53 bits per heavy atom. The van der Waals surface area contributed by atoms with Crippen molar-refractivity contribution in [3.8, 4) is 0 Å². The molecule has 1 atom stereocenters. The van der Waals surface area contributed by atoms with E-state index < -0.39 is 0 Å². The topological polar surface area (TPSA) is 55.1 Å². The molecule has 3 N–H and O–H groups in total. The van der Waals surface area contributed by atoms with Crippen LogP contribution < -0.4 is 11.1 Å². The average molecular weight is 204 g/mol. The lowest BCUT2D eigenvalue weighted by atomic mass is 9.87. The van der Waals surface area contributed by atoms with E-state index in [0.29, 0.717) is 0 Å². The van der Waals surface area contributed by atoms with E-state index in [1.165, 1.54) is 18.1 Å². The van der Waals surface area contributed by atoms with Crippen LogP contribution in [-0.2, 0) is 11.2 Å². The molecule has 1 aliphatic rings. The highest BCUT2D eigenvalue weighted by Gasteiger charge is 2.19. The van der Waals surface area contributed by atoms with Gasteiger partial charge >= 0.3 is 0 Å². The van der Waals surface area contributed by atoms with Crippen molar-refractivity contribution < 1.29 is 4.79 Å². The molecule has 0 saturated carbocycles. The van der Waals surface area contributed by atoms with Crippen LogP contribution in [0.3, 0.4) is 0 Å². The highest BCUT2D eigenvalue weighted by atomic mass is 16.1. The lowest BCUT2D eigenvalue weighted by molar-refractivity contribution is -0.114. The number of hydrogen-bond donors (Lipinski definition) is 2. The van der Waals surface area contributed by atoms with E-state index >= 15 is 0 Å². The fraction of sp³-hybridized carbons (Fsp3) is 0.417. The number of nitrogens with two attached hydrogens (primary N) is 1. The molecule has 1 aliphatic carbocycles. The fourth-order valence-corrected chi connectivity index (χ4v) is 2.19. The molecule has 0 aliphatic heterocycles. The number of amides is 1. The van der Waals surface area contributed by atoms with Gasteiger partial charge in [0, 0.05) is 18.7 Å². The second-order valence-corrected chi connectivity index (χ2v) is 4.05. The smallest absolute Gasteiger partial charge is 0.221 e. The monoisotopic (exact) mass is 204 g/mol. The Morgan fingerprint density at radius 2 is 2.33 bits per heavy atom. The first-order valence-electron chi connectivity index (χ1n) is 5.33. The van der Waals surface area contributed by atoms with E-state index in [1.54, 1.807) is 0 Å². The van der Waals surface area contributed by atoms with Gasteiger partial charge in [0.2, 0.25) is 5.91 Å². The zero-order valence-corrected chi connectivity index (χ0v) is 8.92. The van der Waals surface area contributed by atoms with Crippen LogP contribution in [0.4, 0.5) is 5.69 Å². The SMILES string of the molecule is CC(=O)Nc1cccc2c1CCCC2N. The molecular weight excluding hydrogens is 188 g/mol. The van der Waals surface area contributed by atoms with Crippen LogP contribution in [0.2, 0.25) is 0 Å². The zero-order chi connectivity index (χ0) is 10.8. The molecule has 0 bridgehead atoms. The lowest BCUT2D eigenvalue weighted by Crippen LogP contribution is -2.19. The van der Waals surface area contributed by atoms with Crippen LogP contribution in [0, 0.1) is 0 Å². The summed E-state index contributed by atoms with van der Waals surface area (Å²) >= 11 is 0. The maximum absolute atomic E-state index is 11.0. The van der Waals surface area contributed by atoms with Gasteiger partial charge in [-0.05, 0) is 36.5 Å². The second kappa shape index (κ2) is 4.03. The summed E-state index contributed by atoms with van der Waals surface area (Å²) < 4.78 is 0. The Labute approximate surface area is 89.7 Å². The van der Waals surface area contributed by atoms with Crippen LogP contribution >= 0.6 is 0 Å². The van der Waals surface area contributed by atoms with Crippen molar-refractivity contribution >= 4 is 11.6 Å². The number of anilines is 1. The molecule has 15 heavy (non-hydrogen) atoms. The molecule has 0 fully saturated rings. The molecule has 0 heterocycles. The normalized spacial score (nSPS) is 19.5. The van der Waals surface area contributed by atoms with Gasteiger partial charge < -0.3 is 11.1 Å². The van der Waals surface area contributed by atoms with Crippen LogP contribution in [0.25, 0.3) is 0 Å². The minimum absolute atomic E-state index is 0.0254. The van der Waals surface area contributed by atoms with Gasteiger partial charge in [0.15, 0.2) is 0 Å². The first-order valence-corrected chi connectivity index (χ1v) is 5.33. The van der Waals surface area contributed by atoms with Crippen LogP contribution in [-0.4, -0.2) is 5.91 Å². The standard InChI is InChI=1S/C12H16N2O/c1-8(15)14-12-7-3-4-9-10(12)5-2-6-11(9)13/h3-4,7,11H,2,5-6,13H2,1H3,(H,14,15). The summed E-state index contributed by atoms with van der Waals surface area (Å²) in [5.41, 5.74) is 9.36. The second-order valence-electron chi connectivity index (χ2n) is 4.05. The predicted octanol–water partition coefficient (Wildman–Crippen LogP) is 1.98. The Balaban J connectivity index is 2.40. The number of benzene rings is 1. The molecule has 80 valence electrons. The van der Waals surface area contributed by atoms with Crippen LogP contribution in [0.1, 0.15) is 36.9 Å². The summed E-state index contributed by atoms with van der Waals surface area (Å²) in [6, 6.07) is 6.08. The van der Waals surface area contributed by atoms with Crippen LogP contribution in [0.5, 0.6) is 0 Å². The first kappa shape index (κ1) is 10.2. The Kier molecular flexibility index (Phi) is 2.73. The first-order chi connectivity index (χ1) is 7.18. The average Bonchev–Trinajstić information content (AvgIpc) is 2.19. The van der Waals surface area contributed by atoms with Gasteiger partial charge in [-0.3, -0.25) is 4.79 Å². The summed E-state index contributed by atoms with van der Waals surface area (Å²) in [5.74, 6) is -0.0254. The summed E-state index contributed by atoms with van der Waals surface area (Å²) in [6.45, 7) is 1.53. The van der Waals surface area contributed by atoms with Gasteiger partial charge in [-0.15, -0.1) is 0 Å². The maximum atomic E-state index is 11.0. The third-order valence-electron chi connectivity index (χ3n) is 2.86. The van der Waals surface area contributed by atoms with Gasteiger partial charge in [-0.2, -0.15) is 0 Å². The number of fused-ring (bicyclic) bond motifs is 1. The Bertz CT molecular complexity index is 387. The molecule has 1 amide bonds. The van der Waals surface area contributed by atoms with Crippen LogP contribution in [0.15, 0.2) is 18.2 Å². The molecule has 1 aromatic rings. The third kappa shape index (κ3) is 2.02. The number of carbonyl (C=O) groups excluding carboxylic acids is 1. The van der Waals surface area contributed by atoms with Crippen molar-refractivity contribution in [2.45, 2.75) is 32.2 Å². The summed E-state index contributed by atoms with van der Waals surface area (Å²) in [4.78, 5) is 11.0. The van der Waals surface area contributed by atoms with Gasteiger partial charge in [0.05, 0.1) is 0 Å². The van der Waals surface area contributed by atoms with Crippen molar-refractivity contribution in [3.05, 3.63) is 29.3 Å². The molecule has 2 rings (SSSR count). The maximum Gasteiger partial charge on any atom is 0.221 e. The highest BCUT2D eigenvalue weighted by molar-refractivity contribution is 5.89. The van der Waals surface area contributed by atoms with E-state index in [9.17, 15) is 4.79 Å². The summed E-state index contributed by atoms with van der Waals surface area (Å²) in [5, 5.41) is 2.86. The minimum Gasteiger partial charge on any atom is -0.326 e. The van der Waals surface area contributed by atoms with E-state index in [4.69, 9.17) is 5.73 Å². The van der Waals surface area contributed by atoms with Crippen molar-refractivity contribution in [2.24, 2.45) is 5.73 Å². The molecule has 0 saturated heterocycles. The van der Waals surface area contributed by atoms with Gasteiger partial charge in [0.1, 0.15) is 0 Å². The van der Waals surface area contributed by atoms with Crippen molar-refractivity contribution in [1.29, 1.82) is 0 Å². The summed E-state index contributed by atoms with van der Waals surface area (Å²) in [6.07, 6.45) is 3.15. The molecule has 3 nitrogen and oxygen atoms in total. The number of nitrogens with one attached hydrogen (secondary N) is 1. The quantitative estimate of drug-likeness (QED) is 0.735. The molecule has 0 spiro atoms. The van der Waals surface area contributed by atoms with Crippen molar-refractivity contribution in [3.63, 3.8) is 0 Å². The number of hydrogen-bond acceptors (Lipinski definition) is 2. The molecule has 0 aromatic heterocycles. The fourth-order valence-electron chi connectivity index (χ4n) is 2.19. The Morgan fingerprint density at radius 3 is 3.07 bits per heavy atom. The largest absolute Gasteiger partial charge is 0.326 e. The van der Waals surface area contributed by atoms with Crippen molar-refractivity contribution in [1.82, 2.24) is 0 Å². The lowest BCUT2D eigenvalue weighted by Gasteiger charge is -2.24. The van der Waals surface area contributed by atoms with Crippen molar-refractivity contribution in [2.75, 3.05) is 5.32 Å². The molecule has 1 unspecified atom stereocenters. The molecule has 3 heteroatoms. The number of rotatable bonds is 1. The van der Waals surface area contributed by atoms with E-state index in [1.807, 2.05) is 12.1 Å². The minimum atomic E-state index is -0.0254.